The molecule has 0 aliphatic heterocycles. The second-order valence-corrected chi connectivity index (χ2v) is 6.49. The van der Waals surface area contributed by atoms with Gasteiger partial charge in [0.05, 0.1) is 12.5 Å². The van der Waals surface area contributed by atoms with Crippen molar-refractivity contribution in [2.75, 3.05) is 20.6 Å². The summed E-state index contributed by atoms with van der Waals surface area (Å²) in [6.45, 7) is 5.90. The first-order valence-corrected chi connectivity index (χ1v) is 8.15. The molecule has 0 heterocycles. The number of likely N-dealkylation sites (N-methyl/N-ethyl adjacent to an activating group) is 1. The van der Waals surface area contributed by atoms with E-state index in [1.54, 1.807) is 14.1 Å². The predicted octanol–water partition coefficient (Wildman–Crippen LogP) is 1.26. The first kappa shape index (κ1) is 21.4. The summed E-state index contributed by atoms with van der Waals surface area (Å²) < 4.78 is 0. The molecule has 2 atom stereocenters. The Bertz CT molecular complexity index is 386. The molecule has 0 aromatic rings. The summed E-state index contributed by atoms with van der Waals surface area (Å²) in [5, 5.41) is 12.6. The molecule has 2 N–H and O–H groups in total. The molecule has 0 unspecified atom stereocenters. The van der Waals surface area contributed by atoms with Gasteiger partial charge < -0.3 is 10.2 Å². The highest BCUT2D eigenvalue weighted by Crippen LogP contribution is 2.13. The molecule has 0 radical (unpaired) electrons. The van der Waals surface area contributed by atoms with Crippen molar-refractivity contribution in [1.82, 2.24) is 15.3 Å². The summed E-state index contributed by atoms with van der Waals surface area (Å²) in [4.78, 5) is 36.8. The third kappa shape index (κ3) is 8.54. The largest absolute Gasteiger partial charge is 0.347 e. The molecular weight excluding hydrogens is 298 g/mol. The van der Waals surface area contributed by atoms with Crippen LogP contribution >= 0.6 is 0 Å². The van der Waals surface area contributed by atoms with Gasteiger partial charge in [-0.3, -0.25) is 19.6 Å². The van der Waals surface area contributed by atoms with Crippen molar-refractivity contribution in [1.29, 1.82) is 0 Å². The van der Waals surface area contributed by atoms with Crippen LogP contribution in [0.3, 0.4) is 0 Å². The van der Waals surface area contributed by atoms with Crippen LogP contribution in [0.2, 0.25) is 0 Å². The fourth-order valence-corrected chi connectivity index (χ4v) is 2.32. The lowest BCUT2D eigenvalue weighted by Crippen LogP contribution is -2.50. The molecule has 0 aromatic carbocycles. The van der Waals surface area contributed by atoms with Gasteiger partial charge in [0.1, 0.15) is 6.04 Å². The average Bonchev–Trinajstić information content (AvgIpc) is 2.48. The number of hydrogen-bond acceptors (Lipinski definition) is 4. The first-order chi connectivity index (χ1) is 10.7. The molecule has 23 heavy (non-hydrogen) atoms. The fourth-order valence-electron chi connectivity index (χ4n) is 2.32. The molecule has 0 aliphatic carbocycles. The number of hydrogen-bond donors (Lipinski definition) is 2. The fraction of sp³-hybridized carbons (Fsp3) is 0.812. The minimum absolute atomic E-state index is 0.0696. The zero-order valence-electron chi connectivity index (χ0n) is 14.9. The van der Waals surface area contributed by atoms with Crippen LogP contribution in [0, 0.1) is 11.8 Å². The monoisotopic (exact) mass is 329 g/mol. The van der Waals surface area contributed by atoms with Crippen LogP contribution in [-0.4, -0.2) is 60.1 Å². The summed E-state index contributed by atoms with van der Waals surface area (Å²) in [5.74, 6) is -0.741. The maximum atomic E-state index is 12.5. The van der Waals surface area contributed by atoms with Crippen molar-refractivity contribution >= 4 is 18.2 Å². The number of carbonyl (C=O) groups excluding carboxylic acids is 3. The van der Waals surface area contributed by atoms with Gasteiger partial charge in [0.2, 0.25) is 18.2 Å². The Morgan fingerprint density at radius 3 is 2.30 bits per heavy atom. The van der Waals surface area contributed by atoms with E-state index < -0.39 is 12.0 Å². The van der Waals surface area contributed by atoms with Crippen LogP contribution in [0.15, 0.2) is 0 Å². The van der Waals surface area contributed by atoms with Gasteiger partial charge in [-0.2, -0.15) is 0 Å². The Hall–Kier alpha value is -1.63. The molecule has 7 heteroatoms. The van der Waals surface area contributed by atoms with Crippen molar-refractivity contribution in [2.45, 2.75) is 52.5 Å². The number of carbonyl (C=O) groups is 3. The summed E-state index contributed by atoms with van der Waals surface area (Å²) in [6.07, 6.45) is 3.09. The summed E-state index contributed by atoms with van der Waals surface area (Å²) in [7, 11) is 3.30. The number of nitrogens with zero attached hydrogens (tertiary/aromatic N) is 2. The maximum Gasteiger partial charge on any atom is 0.244 e. The van der Waals surface area contributed by atoms with Crippen molar-refractivity contribution in [3.63, 3.8) is 0 Å². The van der Waals surface area contributed by atoms with E-state index >= 15 is 0 Å². The van der Waals surface area contributed by atoms with Gasteiger partial charge in [0.15, 0.2) is 0 Å². The molecule has 0 fully saturated rings. The SMILES string of the molecule is CCCC[C@H](CN(O)C=O)C(=O)N[C@@H](CC(C)C)C(=O)N(C)C. The molecule has 0 aliphatic rings. The van der Waals surface area contributed by atoms with Crippen molar-refractivity contribution in [3.8, 4) is 0 Å². The number of unbranched alkanes of at least 4 members (excludes halogenated alkanes) is 1. The van der Waals surface area contributed by atoms with E-state index in [9.17, 15) is 19.6 Å². The third-order valence-electron chi connectivity index (χ3n) is 3.57. The quantitative estimate of drug-likeness (QED) is 0.339. The molecule has 0 bridgehead atoms. The third-order valence-corrected chi connectivity index (χ3v) is 3.57. The Labute approximate surface area is 139 Å². The number of nitrogens with one attached hydrogen (secondary N) is 1. The van der Waals surface area contributed by atoms with Crippen LogP contribution in [0.5, 0.6) is 0 Å². The van der Waals surface area contributed by atoms with Crippen LogP contribution in [0.4, 0.5) is 0 Å². The van der Waals surface area contributed by atoms with Gasteiger partial charge in [0.25, 0.3) is 0 Å². The zero-order chi connectivity index (χ0) is 18.0. The molecule has 0 saturated carbocycles. The lowest BCUT2D eigenvalue weighted by molar-refractivity contribution is -0.155. The first-order valence-electron chi connectivity index (χ1n) is 8.15. The highest BCUT2D eigenvalue weighted by Gasteiger charge is 2.27. The van der Waals surface area contributed by atoms with Crippen LogP contribution in [0.25, 0.3) is 0 Å². The molecule has 134 valence electrons. The second-order valence-electron chi connectivity index (χ2n) is 6.49. The normalized spacial score (nSPS) is 13.3. The Morgan fingerprint density at radius 2 is 1.87 bits per heavy atom. The standard InChI is InChI=1S/C16H31N3O4/c1-6-7-8-13(10-19(23)11-20)15(21)17-14(9-12(2)3)16(22)18(4)5/h11-14,23H,6-10H2,1-5H3,(H,17,21)/t13-,14+/m1/s1. The lowest BCUT2D eigenvalue weighted by Gasteiger charge is -2.26. The summed E-state index contributed by atoms with van der Waals surface area (Å²) >= 11 is 0. The minimum atomic E-state index is -0.593. The molecule has 7 nitrogen and oxygen atoms in total. The molecule has 3 amide bonds. The van der Waals surface area contributed by atoms with E-state index in [0.717, 1.165) is 12.8 Å². The van der Waals surface area contributed by atoms with Crippen LogP contribution in [0.1, 0.15) is 46.5 Å². The molecule has 0 aromatic heterocycles. The maximum absolute atomic E-state index is 12.5. The summed E-state index contributed by atoms with van der Waals surface area (Å²) in [6, 6.07) is -0.593. The van der Waals surface area contributed by atoms with Gasteiger partial charge in [-0.15, -0.1) is 0 Å². The minimum Gasteiger partial charge on any atom is -0.347 e. The van der Waals surface area contributed by atoms with Crippen molar-refractivity contribution in [3.05, 3.63) is 0 Å². The van der Waals surface area contributed by atoms with Gasteiger partial charge in [0, 0.05) is 14.1 Å². The zero-order valence-corrected chi connectivity index (χ0v) is 14.9. The second kappa shape index (κ2) is 11.0. The lowest BCUT2D eigenvalue weighted by atomic mass is 9.98. The molecular formula is C16H31N3O4. The van der Waals surface area contributed by atoms with Crippen molar-refractivity contribution < 1.29 is 19.6 Å². The van der Waals surface area contributed by atoms with Crippen molar-refractivity contribution in [2.24, 2.45) is 11.8 Å². The number of amides is 3. The van der Waals surface area contributed by atoms with Crippen LogP contribution in [-0.2, 0) is 14.4 Å². The van der Waals surface area contributed by atoms with E-state index in [1.165, 1.54) is 4.90 Å². The summed E-state index contributed by atoms with van der Waals surface area (Å²) in [5.41, 5.74) is 0. The average molecular weight is 329 g/mol. The predicted molar refractivity (Wildman–Crippen MR) is 87.7 cm³/mol. The molecule has 0 rings (SSSR count). The van der Waals surface area contributed by atoms with Crippen LogP contribution < -0.4 is 5.32 Å². The van der Waals surface area contributed by atoms with Gasteiger partial charge >= 0.3 is 0 Å². The van der Waals surface area contributed by atoms with E-state index in [-0.39, 0.29) is 30.7 Å². The smallest absolute Gasteiger partial charge is 0.244 e. The number of hydroxylamine groups is 2. The van der Waals surface area contributed by atoms with Gasteiger partial charge in [-0.25, -0.2) is 5.06 Å². The Balaban J connectivity index is 4.98. The molecule has 0 spiro atoms. The highest BCUT2D eigenvalue weighted by molar-refractivity contribution is 5.88. The van der Waals surface area contributed by atoms with Gasteiger partial charge in [-0.1, -0.05) is 33.6 Å². The Morgan fingerprint density at radius 1 is 1.26 bits per heavy atom. The number of rotatable bonds is 11. The highest BCUT2D eigenvalue weighted by atomic mass is 16.5. The van der Waals surface area contributed by atoms with Gasteiger partial charge in [-0.05, 0) is 18.8 Å². The topological polar surface area (TPSA) is 90.0 Å². The van der Waals surface area contributed by atoms with E-state index in [4.69, 9.17) is 0 Å². The van der Waals surface area contributed by atoms with E-state index in [1.807, 2.05) is 20.8 Å². The molecule has 0 saturated heterocycles. The van der Waals surface area contributed by atoms with E-state index in [0.29, 0.717) is 17.9 Å². The van der Waals surface area contributed by atoms with E-state index in [2.05, 4.69) is 5.32 Å². The Kier molecular flexibility index (Phi) is 10.2.